The van der Waals surface area contributed by atoms with Gasteiger partial charge in [0.15, 0.2) is 0 Å². The summed E-state index contributed by atoms with van der Waals surface area (Å²) in [5.74, 6) is -0.271. The smallest absolute Gasteiger partial charge is 0.405 e. The van der Waals surface area contributed by atoms with E-state index in [1.807, 2.05) is 0 Å². The molecule has 0 aliphatic carbocycles. The minimum Gasteiger partial charge on any atom is -0.405 e. The van der Waals surface area contributed by atoms with Crippen molar-refractivity contribution >= 4 is 0 Å². The number of hydrogen-bond acceptors (Lipinski definition) is 4. The summed E-state index contributed by atoms with van der Waals surface area (Å²) >= 11 is 0. The maximum absolute atomic E-state index is 12.8. The SMILES string of the molecule is OC(c1ccccn1)C1(c2ccccc2OC(F)(F)F)CCNCC1. The number of pyridine rings is 1. The van der Waals surface area contributed by atoms with E-state index in [0.717, 1.165) is 0 Å². The Morgan fingerprint density at radius 3 is 2.40 bits per heavy atom. The minimum absolute atomic E-state index is 0.271. The molecule has 2 heterocycles. The number of benzene rings is 1. The highest BCUT2D eigenvalue weighted by atomic mass is 19.4. The third-order valence-electron chi connectivity index (χ3n) is 4.64. The van der Waals surface area contributed by atoms with Crippen molar-refractivity contribution in [3.05, 3.63) is 59.9 Å². The number of rotatable bonds is 4. The summed E-state index contributed by atoms with van der Waals surface area (Å²) in [6.07, 6.45) is -3.31. The van der Waals surface area contributed by atoms with E-state index < -0.39 is 17.9 Å². The molecule has 3 rings (SSSR count). The fourth-order valence-electron chi connectivity index (χ4n) is 3.48. The molecule has 0 spiro atoms. The van der Waals surface area contributed by atoms with Crippen molar-refractivity contribution in [1.82, 2.24) is 10.3 Å². The van der Waals surface area contributed by atoms with Crippen LogP contribution in [0.2, 0.25) is 0 Å². The second-order valence-electron chi connectivity index (χ2n) is 6.11. The zero-order valence-corrected chi connectivity index (χ0v) is 13.5. The molecule has 1 fully saturated rings. The first-order chi connectivity index (χ1) is 11.9. The van der Waals surface area contributed by atoms with Crippen LogP contribution in [0.15, 0.2) is 48.7 Å². The van der Waals surface area contributed by atoms with Gasteiger partial charge in [-0.25, -0.2) is 0 Å². The number of aliphatic hydroxyl groups is 1. The van der Waals surface area contributed by atoms with E-state index >= 15 is 0 Å². The Morgan fingerprint density at radius 2 is 1.76 bits per heavy atom. The molecule has 2 aromatic rings. The zero-order chi connectivity index (χ0) is 17.9. The maximum atomic E-state index is 12.8. The Bertz CT molecular complexity index is 701. The number of ether oxygens (including phenoxy) is 1. The largest absolute Gasteiger partial charge is 0.573 e. The van der Waals surface area contributed by atoms with Gasteiger partial charge in [-0.2, -0.15) is 0 Å². The second kappa shape index (κ2) is 7.01. The third kappa shape index (κ3) is 3.77. The second-order valence-corrected chi connectivity index (χ2v) is 6.11. The molecule has 7 heteroatoms. The lowest BCUT2D eigenvalue weighted by Crippen LogP contribution is -2.44. The number of para-hydroxylation sites is 1. The van der Waals surface area contributed by atoms with Gasteiger partial charge >= 0.3 is 6.36 Å². The van der Waals surface area contributed by atoms with Crippen molar-refractivity contribution in [2.75, 3.05) is 13.1 Å². The normalized spacial score (nSPS) is 18.6. The molecule has 1 aliphatic heterocycles. The van der Waals surface area contributed by atoms with Crippen molar-refractivity contribution < 1.29 is 23.0 Å². The number of nitrogens with zero attached hydrogens (tertiary/aromatic N) is 1. The van der Waals surface area contributed by atoms with Gasteiger partial charge in [0.25, 0.3) is 0 Å². The quantitative estimate of drug-likeness (QED) is 0.886. The summed E-state index contributed by atoms with van der Waals surface area (Å²) in [5, 5.41) is 14.2. The highest BCUT2D eigenvalue weighted by Gasteiger charge is 2.45. The van der Waals surface area contributed by atoms with Gasteiger partial charge in [0.2, 0.25) is 0 Å². The summed E-state index contributed by atoms with van der Waals surface area (Å²) in [6.45, 7) is 1.18. The highest BCUT2D eigenvalue weighted by Crippen LogP contribution is 2.47. The molecule has 1 atom stereocenters. The van der Waals surface area contributed by atoms with E-state index in [9.17, 15) is 18.3 Å². The van der Waals surface area contributed by atoms with Crippen LogP contribution < -0.4 is 10.1 Å². The molecule has 1 unspecified atom stereocenters. The number of halogens is 3. The Balaban J connectivity index is 2.08. The molecular weight excluding hydrogens is 333 g/mol. The van der Waals surface area contributed by atoms with Crippen LogP contribution in [-0.4, -0.2) is 29.5 Å². The lowest BCUT2D eigenvalue weighted by atomic mass is 9.68. The number of aromatic nitrogens is 1. The summed E-state index contributed by atoms with van der Waals surface area (Å²) < 4.78 is 42.7. The van der Waals surface area contributed by atoms with Crippen molar-refractivity contribution in [3.8, 4) is 5.75 Å². The van der Waals surface area contributed by atoms with Gasteiger partial charge in [0.05, 0.1) is 5.69 Å². The summed E-state index contributed by atoms with van der Waals surface area (Å²) in [7, 11) is 0. The topological polar surface area (TPSA) is 54.4 Å². The van der Waals surface area contributed by atoms with Crippen LogP contribution in [-0.2, 0) is 5.41 Å². The van der Waals surface area contributed by atoms with Crippen molar-refractivity contribution in [3.63, 3.8) is 0 Å². The number of alkyl halides is 3. The maximum Gasteiger partial charge on any atom is 0.573 e. The Hall–Kier alpha value is -2.12. The van der Waals surface area contributed by atoms with Crippen LogP contribution in [0, 0.1) is 0 Å². The molecule has 25 heavy (non-hydrogen) atoms. The van der Waals surface area contributed by atoms with Gasteiger partial charge in [-0.3, -0.25) is 4.98 Å². The molecule has 1 aromatic carbocycles. The lowest BCUT2D eigenvalue weighted by Gasteiger charge is -2.42. The summed E-state index contributed by atoms with van der Waals surface area (Å²) in [5.41, 5.74) is -0.111. The van der Waals surface area contributed by atoms with Gasteiger partial charge in [0, 0.05) is 17.2 Å². The van der Waals surface area contributed by atoms with Crippen molar-refractivity contribution in [2.24, 2.45) is 0 Å². The minimum atomic E-state index is -4.79. The van der Waals surface area contributed by atoms with E-state index in [0.29, 0.717) is 37.2 Å². The van der Waals surface area contributed by atoms with Gasteiger partial charge in [-0.15, -0.1) is 13.2 Å². The van der Waals surface area contributed by atoms with E-state index in [1.54, 1.807) is 36.5 Å². The van der Waals surface area contributed by atoms with Gasteiger partial charge in [0.1, 0.15) is 11.9 Å². The lowest BCUT2D eigenvalue weighted by molar-refractivity contribution is -0.275. The average Bonchev–Trinajstić information content (AvgIpc) is 2.61. The van der Waals surface area contributed by atoms with Crippen LogP contribution >= 0.6 is 0 Å². The predicted octanol–water partition coefficient (Wildman–Crippen LogP) is 3.34. The molecule has 1 saturated heterocycles. The number of aliphatic hydroxyl groups excluding tert-OH is 1. The van der Waals surface area contributed by atoms with Crippen LogP contribution in [0.25, 0.3) is 0 Å². The molecule has 4 nitrogen and oxygen atoms in total. The van der Waals surface area contributed by atoms with E-state index in [-0.39, 0.29) is 5.75 Å². The molecule has 1 aliphatic rings. The van der Waals surface area contributed by atoms with E-state index in [4.69, 9.17) is 0 Å². The van der Waals surface area contributed by atoms with E-state index in [2.05, 4.69) is 15.0 Å². The van der Waals surface area contributed by atoms with Crippen molar-refractivity contribution in [1.29, 1.82) is 0 Å². The molecular formula is C18H19F3N2O2. The van der Waals surface area contributed by atoms with Gasteiger partial charge in [-0.1, -0.05) is 24.3 Å². The Labute approximate surface area is 143 Å². The van der Waals surface area contributed by atoms with Crippen LogP contribution in [0.4, 0.5) is 13.2 Å². The first-order valence-corrected chi connectivity index (χ1v) is 8.07. The highest BCUT2D eigenvalue weighted by molar-refractivity contribution is 5.42. The predicted molar refractivity (Wildman–Crippen MR) is 86.1 cm³/mol. The first-order valence-electron chi connectivity index (χ1n) is 8.07. The molecule has 2 N–H and O–H groups in total. The summed E-state index contributed by atoms with van der Waals surface area (Å²) in [4.78, 5) is 4.20. The van der Waals surface area contributed by atoms with Crippen LogP contribution in [0.3, 0.4) is 0 Å². The number of hydrogen-bond donors (Lipinski definition) is 2. The molecule has 0 saturated carbocycles. The first kappa shape index (κ1) is 17.7. The van der Waals surface area contributed by atoms with Gasteiger partial charge < -0.3 is 15.2 Å². The molecule has 1 aromatic heterocycles. The number of piperidine rings is 1. The molecule has 0 bridgehead atoms. The Kier molecular flexibility index (Phi) is 4.96. The fraction of sp³-hybridized carbons (Fsp3) is 0.389. The van der Waals surface area contributed by atoms with Gasteiger partial charge in [-0.05, 0) is 44.1 Å². The van der Waals surface area contributed by atoms with Crippen molar-refractivity contribution in [2.45, 2.75) is 30.7 Å². The molecule has 134 valence electrons. The monoisotopic (exact) mass is 352 g/mol. The Morgan fingerprint density at radius 1 is 1.08 bits per heavy atom. The van der Waals surface area contributed by atoms with Crippen LogP contribution in [0.5, 0.6) is 5.75 Å². The van der Waals surface area contributed by atoms with Crippen LogP contribution in [0.1, 0.15) is 30.2 Å². The molecule has 0 radical (unpaired) electrons. The van der Waals surface area contributed by atoms with E-state index in [1.165, 1.54) is 12.1 Å². The third-order valence-corrected chi connectivity index (χ3v) is 4.64. The molecule has 0 amide bonds. The standard InChI is InChI=1S/C18H19F3N2O2/c19-18(20,21)25-15-7-2-1-5-13(15)17(8-11-22-12-9-17)16(24)14-6-3-4-10-23-14/h1-7,10,16,22,24H,8-9,11-12H2. The number of nitrogens with one attached hydrogen (secondary N) is 1. The average molecular weight is 352 g/mol. The zero-order valence-electron chi connectivity index (χ0n) is 13.5. The summed E-state index contributed by atoms with van der Waals surface area (Å²) in [6, 6.07) is 11.2. The fourth-order valence-corrected chi connectivity index (χ4v) is 3.48.